The van der Waals surface area contributed by atoms with Crippen LogP contribution >= 0.6 is 20.3 Å². The Balaban J connectivity index is 0.00000148. The Morgan fingerprint density at radius 2 is 2.09 bits per heavy atom. The van der Waals surface area contributed by atoms with Crippen molar-refractivity contribution in [2.24, 2.45) is 5.92 Å². The molecule has 15 heteroatoms. The van der Waals surface area contributed by atoms with Crippen LogP contribution in [0.2, 0.25) is 0 Å². The van der Waals surface area contributed by atoms with Crippen molar-refractivity contribution in [1.29, 1.82) is 1.43 Å². The molecule has 0 saturated carbocycles. The quantitative estimate of drug-likeness (QED) is 0.206. The van der Waals surface area contributed by atoms with Gasteiger partial charge in [-0.2, -0.15) is 4.98 Å². The van der Waals surface area contributed by atoms with Gasteiger partial charge in [-0.05, 0) is 19.7 Å². The molecule has 13 nitrogen and oxygen atoms in total. The summed E-state index contributed by atoms with van der Waals surface area (Å²) in [7, 11) is -0.134. The molecule has 2 unspecified atom stereocenters. The Morgan fingerprint density at radius 1 is 1.35 bits per heavy atom. The second kappa shape index (κ2) is 15.8. The lowest BCUT2D eigenvalue weighted by Crippen LogP contribution is -2.25. The number of carbonyl (C=O) groups excluding carboxylic acids is 2. The van der Waals surface area contributed by atoms with Crippen molar-refractivity contribution in [2.75, 3.05) is 37.9 Å². The topological polar surface area (TPSA) is 161 Å². The third kappa shape index (κ3) is 8.48. The van der Waals surface area contributed by atoms with E-state index in [1.54, 1.807) is 30.5 Å². The molecule has 3 N–H and O–H groups in total. The molecule has 2 saturated heterocycles. The number of nitrogens with zero attached hydrogens (tertiary/aromatic N) is 4. The van der Waals surface area contributed by atoms with Crippen LogP contribution in [-0.2, 0) is 18.6 Å². The molecule has 4 atom stereocenters. The number of benzene rings is 1. The molecule has 234 valence electrons. The predicted molar refractivity (Wildman–Crippen MR) is 166 cm³/mol. The van der Waals surface area contributed by atoms with Gasteiger partial charge in [-0.1, -0.05) is 55.9 Å². The molecule has 0 bridgehead atoms. The van der Waals surface area contributed by atoms with Crippen LogP contribution in [-0.4, -0.2) is 86.5 Å². The SMILES string of the molecule is [2H]C[C@H]1O[C@@H](n2cnc3c(=O)[nH]c(NC(=O)C(C)C)nc32)CC1OP(OCCSC(=O)c1ccccc1)N1CCCC1.[3H]OC. The molecule has 2 aromatic heterocycles. The summed E-state index contributed by atoms with van der Waals surface area (Å²) in [4.78, 5) is 48.5. The highest BCUT2D eigenvalue weighted by Crippen LogP contribution is 2.49. The summed E-state index contributed by atoms with van der Waals surface area (Å²) >= 11 is 1.22. The first-order chi connectivity index (χ1) is 21.7. The van der Waals surface area contributed by atoms with E-state index >= 15 is 0 Å². The van der Waals surface area contributed by atoms with Gasteiger partial charge < -0.3 is 18.9 Å². The number of hydrogen-bond acceptors (Lipinski definition) is 11. The first kappa shape index (κ1) is 30.3. The minimum atomic E-state index is -1.43. The van der Waals surface area contributed by atoms with Crippen LogP contribution in [0.15, 0.2) is 41.5 Å². The van der Waals surface area contributed by atoms with E-state index in [4.69, 9.17) is 16.6 Å². The minimum absolute atomic E-state index is 0.00106. The number of aromatic nitrogens is 4. The first-order valence-electron chi connectivity index (χ1n) is 15.2. The third-order valence-corrected chi connectivity index (χ3v) is 9.34. The van der Waals surface area contributed by atoms with E-state index in [9.17, 15) is 14.4 Å². The standard InChI is InChI=1S/C27H35N6O6PS.CH4O/c1-17(2)24(34)30-27-29-23-22(25(35)31-27)28-16-33(23)21-15-20(18(3)38-21)39-40(32-11-7-8-12-32)37-13-14-41-26(36)19-9-5-4-6-10-19;1-2/h4-6,9-10,16-18,20-21H,7-8,11-15H2,1-3H3,(H2,29,30,31,34,35);2H,1H3/t18-,20?,21-,40?;/m1./s1/i3D;2T. The Kier molecular flexibility index (Phi) is 11.2. The van der Waals surface area contributed by atoms with Crippen molar-refractivity contribution in [2.45, 2.75) is 58.4 Å². The average Bonchev–Trinajstić information content (AvgIpc) is 3.79. The average molecular weight is 638 g/mol. The fourth-order valence-corrected chi connectivity index (χ4v) is 6.95. The number of anilines is 1. The molecule has 2 fully saturated rings. The van der Waals surface area contributed by atoms with Gasteiger partial charge in [0, 0.05) is 45.2 Å². The highest BCUT2D eigenvalue weighted by atomic mass is 32.2. The summed E-state index contributed by atoms with van der Waals surface area (Å²) in [6.45, 7) is 5.52. The van der Waals surface area contributed by atoms with Crippen LogP contribution in [0.1, 0.15) is 58.0 Å². The molecule has 4 heterocycles. The first-order valence-corrected chi connectivity index (χ1v) is 16.2. The van der Waals surface area contributed by atoms with E-state index in [1.165, 1.54) is 25.2 Å². The van der Waals surface area contributed by atoms with Crippen molar-refractivity contribution < 1.29 is 29.9 Å². The van der Waals surface area contributed by atoms with Gasteiger partial charge in [0.05, 0.1) is 25.1 Å². The number of amides is 1. The molecular weight excluding hydrogens is 595 g/mol. The zero-order valence-electron chi connectivity index (χ0n) is 26.4. The summed E-state index contributed by atoms with van der Waals surface area (Å²) < 4.78 is 36.6. The number of fused-ring (bicyclic) bond motifs is 1. The van der Waals surface area contributed by atoms with E-state index < -0.39 is 32.5 Å². The number of hydrogen-bond donors (Lipinski definition) is 3. The third-order valence-electron chi connectivity index (χ3n) is 6.76. The van der Waals surface area contributed by atoms with E-state index in [0.717, 1.165) is 25.9 Å². The zero-order valence-corrected chi connectivity index (χ0v) is 26.1. The largest absolute Gasteiger partial charge is 0.400 e. The molecule has 2 aliphatic heterocycles. The fraction of sp³-hybridized carbons (Fsp3) is 0.536. The Morgan fingerprint density at radius 3 is 2.79 bits per heavy atom. The number of imidazole rings is 1. The molecule has 3 aromatic rings. The minimum Gasteiger partial charge on any atom is -0.400 e. The Labute approximate surface area is 258 Å². The maximum absolute atomic E-state index is 12.6. The van der Waals surface area contributed by atoms with Gasteiger partial charge >= 0.3 is 0 Å². The van der Waals surface area contributed by atoms with Crippen LogP contribution < -0.4 is 10.9 Å². The highest BCUT2D eigenvalue weighted by Gasteiger charge is 2.39. The van der Waals surface area contributed by atoms with Crippen molar-refractivity contribution in [1.82, 2.24) is 24.2 Å². The normalized spacial score (nSPS) is 21.7. The summed E-state index contributed by atoms with van der Waals surface area (Å²) in [5.41, 5.74) is 0.574. The Bertz CT molecular complexity index is 1460. The lowest BCUT2D eigenvalue weighted by atomic mass is 10.2. The van der Waals surface area contributed by atoms with Crippen molar-refractivity contribution in [3.63, 3.8) is 0 Å². The van der Waals surface area contributed by atoms with Gasteiger partial charge in [-0.15, -0.1) is 0 Å². The number of ether oxygens (including phenoxy) is 1. The smallest absolute Gasteiger partial charge is 0.280 e. The molecular formula is C28H39N6O7PS. The Hall–Kier alpha value is -2.71. The van der Waals surface area contributed by atoms with Crippen LogP contribution in [0.3, 0.4) is 0 Å². The number of aliphatic hydroxyl groups is 1. The second-order valence-corrected chi connectivity index (χ2v) is 12.7. The van der Waals surface area contributed by atoms with E-state index in [2.05, 4.69) is 30.0 Å². The summed E-state index contributed by atoms with van der Waals surface area (Å²) in [5, 5.41) is 6.12. The van der Waals surface area contributed by atoms with Crippen molar-refractivity contribution in [3.05, 3.63) is 52.6 Å². The molecule has 0 radical (unpaired) electrons. The van der Waals surface area contributed by atoms with Gasteiger partial charge in [-0.25, -0.2) is 9.65 Å². The van der Waals surface area contributed by atoms with E-state index in [1.807, 2.05) is 18.2 Å². The van der Waals surface area contributed by atoms with Crippen molar-refractivity contribution >= 4 is 48.4 Å². The predicted octanol–water partition coefficient (Wildman–Crippen LogP) is 3.93. The van der Waals surface area contributed by atoms with Crippen LogP contribution in [0.5, 0.6) is 0 Å². The van der Waals surface area contributed by atoms with Gasteiger partial charge in [0.25, 0.3) is 14.1 Å². The van der Waals surface area contributed by atoms with Gasteiger partial charge in [0.15, 0.2) is 11.2 Å². The van der Waals surface area contributed by atoms with Crippen molar-refractivity contribution in [3.8, 4) is 0 Å². The lowest BCUT2D eigenvalue weighted by molar-refractivity contribution is -0.118. The van der Waals surface area contributed by atoms with Crippen LogP contribution in [0.25, 0.3) is 11.2 Å². The number of H-pyrrole nitrogens is 1. The summed E-state index contributed by atoms with van der Waals surface area (Å²) in [5.74, 6) is -0.0425. The monoisotopic (exact) mass is 637 g/mol. The molecule has 1 aromatic carbocycles. The second-order valence-electron chi connectivity index (χ2n) is 10.1. The number of aliphatic hydroxyl groups excluding tert-OH is 1. The van der Waals surface area contributed by atoms with Crippen LogP contribution in [0.4, 0.5) is 5.95 Å². The van der Waals surface area contributed by atoms with E-state index in [-0.39, 0.29) is 41.0 Å². The summed E-state index contributed by atoms with van der Waals surface area (Å²) in [6, 6.07) is 9.16. The van der Waals surface area contributed by atoms with Crippen LogP contribution in [0, 0.1) is 5.92 Å². The molecule has 5 rings (SSSR count). The van der Waals surface area contributed by atoms with Gasteiger partial charge in [-0.3, -0.25) is 29.3 Å². The molecule has 0 spiro atoms. The number of carbonyl (C=O) groups is 2. The number of aromatic amines is 1. The molecule has 2 aliphatic rings. The molecule has 43 heavy (non-hydrogen) atoms. The highest BCUT2D eigenvalue weighted by molar-refractivity contribution is 8.14. The number of rotatable bonds is 11. The number of thioether (sulfide) groups is 1. The lowest BCUT2D eigenvalue weighted by Gasteiger charge is -2.28. The maximum Gasteiger partial charge on any atom is 0.280 e. The fourth-order valence-electron chi connectivity index (χ4n) is 4.51. The number of nitrogens with one attached hydrogen (secondary N) is 2. The maximum atomic E-state index is 12.6. The van der Waals surface area contributed by atoms with Gasteiger partial charge in [0.2, 0.25) is 18.4 Å². The zero-order chi connectivity index (χ0) is 32.3. The molecule has 0 aliphatic carbocycles. The summed E-state index contributed by atoms with van der Waals surface area (Å²) in [6.07, 6.45) is 2.44. The van der Waals surface area contributed by atoms with E-state index in [0.29, 0.717) is 24.3 Å². The molecule has 1 amide bonds. The van der Waals surface area contributed by atoms with Gasteiger partial charge in [0.1, 0.15) is 6.23 Å².